The molecule has 0 aliphatic carbocycles. The SMILES string of the molecule is Cc1cc(C(=O)N2CCC[C@@H](c3nccn3C)C2)c2ccc(F)cc2n1. The molecule has 1 aliphatic rings. The third kappa shape index (κ3) is 2.96. The van der Waals surface area contributed by atoms with E-state index in [1.54, 1.807) is 18.3 Å². The van der Waals surface area contributed by atoms with Gasteiger partial charge in [0.2, 0.25) is 0 Å². The van der Waals surface area contributed by atoms with Crippen LogP contribution in [0.25, 0.3) is 10.9 Å². The van der Waals surface area contributed by atoms with Gasteiger partial charge in [0, 0.05) is 55.6 Å². The van der Waals surface area contributed by atoms with E-state index in [0.717, 1.165) is 25.2 Å². The predicted molar refractivity (Wildman–Crippen MR) is 97.5 cm³/mol. The molecule has 0 unspecified atom stereocenters. The molecule has 0 N–H and O–H groups in total. The first kappa shape index (κ1) is 16.7. The number of carbonyl (C=O) groups is 1. The average molecular weight is 352 g/mol. The summed E-state index contributed by atoms with van der Waals surface area (Å²) in [6.07, 6.45) is 5.70. The molecule has 4 rings (SSSR count). The molecule has 1 aliphatic heterocycles. The van der Waals surface area contributed by atoms with E-state index in [1.165, 1.54) is 12.1 Å². The molecule has 3 aromatic rings. The number of pyridine rings is 1. The van der Waals surface area contributed by atoms with E-state index in [4.69, 9.17) is 0 Å². The second-order valence-electron chi connectivity index (χ2n) is 6.96. The molecule has 0 saturated carbocycles. The summed E-state index contributed by atoms with van der Waals surface area (Å²) in [4.78, 5) is 23.9. The van der Waals surface area contributed by atoms with Gasteiger partial charge in [-0.1, -0.05) is 0 Å². The fraction of sp³-hybridized carbons (Fsp3) is 0.350. The van der Waals surface area contributed by atoms with Gasteiger partial charge in [-0.05, 0) is 38.0 Å². The van der Waals surface area contributed by atoms with Crippen molar-refractivity contribution in [1.29, 1.82) is 0 Å². The number of likely N-dealkylation sites (tertiary alicyclic amines) is 1. The first-order chi connectivity index (χ1) is 12.5. The second-order valence-corrected chi connectivity index (χ2v) is 6.96. The van der Waals surface area contributed by atoms with Crippen LogP contribution in [-0.2, 0) is 7.05 Å². The molecule has 1 fully saturated rings. The number of benzene rings is 1. The Morgan fingerprint density at radius 1 is 1.31 bits per heavy atom. The minimum atomic E-state index is -0.346. The van der Waals surface area contributed by atoms with Gasteiger partial charge in [0.1, 0.15) is 11.6 Å². The third-order valence-corrected chi connectivity index (χ3v) is 5.06. The minimum Gasteiger partial charge on any atom is -0.338 e. The third-order valence-electron chi connectivity index (χ3n) is 5.06. The maximum absolute atomic E-state index is 13.6. The number of aromatic nitrogens is 3. The number of carbonyl (C=O) groups excluding carboxylic acids is 1. The Kier molecular flexibility index (Phi) is 4.18. The van der Waals surface area contributed by atoms with E-state index in [-0.39, 0.29) is 17.6 Å². The molecule has 5 nitrogen and oxygen atoms in total. The van der Waals surface area contributed by atoms with Crippen molar-refractivity contribution in [2.75, 3.05) is 13.1 Å². The Balaban J connectivity index is 1.67. The van der Waals surface area contributed by atoms with Gasteiger partial charge in [-0.25, -0.2) is 9.37 Å². The van der Waals surface area contributed by atoms with Crippen molar-refractivity contribution >= 4 is 16.8 Å². The van der Waals surface area contributed by atoms with Gasteiger partial charge in [0.05, 0.1) is 11.1 Å². The Labute approximate surface area is 151 Å². The number of nitrogens with zero attached hydrogens (tertiary/aromatic N) is 4. The molecular formula is C20H21FN4O. The lowest BCUT2D eigenvalue weighted by molar-refractivity contribution is 0.0705. The molecule has 3 heterocycles. The largest absolute Gasteiger partial charge is 0.338 e. The van der Waals surface area contributed by atoms with Gasteiger partial charge in [0.25, 0.3) is 5.91 Å². The van der Waals surface area contributed by atoms with Gasteiger partial charge in [0.15, 0.2) is 0 Å². The summed E-state index contributed by atoms with van der Waals surface area (Å²) >= 11 is 0. The van der Waals surface area contributed by atoms with Crippen LogP contribution in [0.15, 0.2) is 36.7 Å². The lowest BCUT2D eigenvalue weighted by Crippen LogP contribution is -2.39. The van der Waals surface area contributed by atoms with Crippen LogP contribution in [0, 0.1) is 12.7 Å². The quantitative estimate of drug-likeness (QED) is 0.710. The van der Waals surface area contributed by atoms with Crippen LogP contribution in [0.5, 0.6) is 0 Å². The van der Waals surface area contributed by atoms with Crippen LogP contribution in [0.1, 0.15) is 40.6 Å². The van der Waals surface area contributed by atoms with E-state index in [1.807, 2.05) is 29.6 Å². The maximum atomic E-state index is 13.6. The second kappa shape index (κ2) is 6.52. The molecule has 0 radical (unpaired) electrons. The number of hydrogen-bond acceptors (Lipinski definition) is 3. The standard InChI is InChI=1S/C20H21FN4O/c1-13-10-17(16-6-5-15(21)11-18(16)23-13)20(26)25-8-3-4-14(12-25)19-22-7-9-24(19)2/h5-7,9-11,14H,3-4,8,12H2,1-2H3/t14-/m1/s1. The molecule has 134 valence electrons. The lowest BCUT2D eigenvalue weighted by atomic mass is 9.96. The van der Waals surface area contributed by atoms with Crippen molar-refractivity contribution in [3.63, 3.8) is 0 Å². The molecule has 1 saturated heterocycles. The number of rotatable bonds is 2. The van der Waals surface area contributed by atoms with Crippen LogP contribution in [0.4, 0.5) is 4.39 Å². The van der Waals surface area contributed by atoms with Gasteiger partial charge >= 0.3 is 0 Å². The molecular weight excluding hydrogens is 331 g/mol. The van der Waals surface area contributed by atoms with Crippen LogP contribution < -0.4 is 0 Å². The van der Waals surface area contributed by atoms with E-state index >= 15 is 0 Å². The number of hydrogen-bond donors (Lipinski definition) is 0. The van der Waals surface area contributed by atoms with Gasteiger partial charge in [-0.15, -0.1) is 0 Å². The Morgan fingerprint density at radius 2 is 2.15 bits per heavy atom. The van der Waals surface area contributed by atoms with Crippen LogP contribution >= 0.6 is 0 Å². The Hall–Kier alpha value is -2.76. The van der Waals surface area contributed by atoms with E-state index in [9.17, 15) is 9.18 Å². The zero-order valence-electron chi connectivity index (χ0n) is 14.9. The topological polar surface area (TPSA) is 51.0 Å². The molecule has 1 atom stereocenters. The number of piperidine rings is 1. The fourth-order valence-electron chi connectivity index (χ4n) is 3.82. The minimum absolute atomic E-state index is 0.0222. The number of imidazole rings is 1. The van der Waals surface area contributed by atoms with Crippen molar-refractivity contribution in [3.8, 4) is 0 Å². The summed E-state index contributed by atoms with van der Waals surface area (Å²) in [6.45, 7) is 3.20. The Morgan fingerprint density at radius 3 is 2.92 bits per heavy atom. The highest BCUT2D eigenvalue weighted by molar-refractivity contribution is 6.06. The monoisotopic (exact) mass is 352 g/mol. The molecule has 2 aromatic heterocycles. The molecule has 6 heteroatoms. The normalized spacial score (nSPS) is 17.7. The van der Waals surface area contributed by atoms with Gasteiger partial charge in [-0.3, -0.25) is 9.78 Å². The summed E-state index contributed by atoms with van der Waals surface area (Å²) in [5.41, 5.74) is 1.82. The van der Waals surface area contributed by atoms with Crippen molar-refractivity contribution < 1.29 is 9.18 Å². The highest BCUT2D eigenvalue weighted by Crippen LogP contribution is 2.28. The maximum Gasteiger partial charge on any atom is 0.254 e. The zero-order valence-corrected chi connectivity index (χ0v) is 14.9. The summed E-state index contributed by atoms with van der Waals surface area (Å²) in [5, 5.41) is 0.695. The summed E-state index contributed by atoms with van der Waals surface area (Å²) in [6, 6.07) is 6.20. The highest BCUT2D eigenvalue weighted by atomic mass is 19.1. The van der Waals surface area contributed by atoms with E-state index in [2.05, 4.69) is 9.97 Å². The molecule has 1 aromatic carbocycles. The molecule has 1 amide bonds. The molecule has 26 heavy (non-hydrogen) atoms. The van der Waals surface area contributed by atoms with Crippen LogP contribution in [0.2, 0.25) is 0 Å². The summed E-state index contributed by atoms with van der Waals surface area (Å²) < 4.78 is 15.6. The van der Waals surface area contributed by atoms with Crippen LogP contribution in [-0.4, -0.2) is 38.4 Å². The molecule has 0 spiro atoms. The predicted octanol–water partition coefficient (Wildman–Crippen LogP) is 3.44. The van der Waals surface area contributed by atoms with Gasteiger partial charge < -0.3 is 9.47 Å². The number of aryl methyl sites for hydroxylation is 2. The van der Waals surface area contributed by atoms with Crippen molar-refractivity contribution in [1.82, 2.24) is 19.4 Å². The number of fused-ring (bicyclic) bond motifs is 1. The number of amides is 1. The fourth-order valence-corrected chi connectivity index (χ4v) is 3.82. The van der Waals surface area contributed by atoms with E-state index < -0.39 is 0 Å². The Bertz CT molecular complexity index is 976. The lowest BCUT2D eigenvalue weighted by Gasteiger charge is -2.32. The van der Waals surface area contributed by atoms with E-state index in [0.29, 0.717) is 28.7 Å². The molecule has 0 bridgehead atoms. The highest BCUT2D eigenvalue weighted by Gasteiger charge is 2.28. The zero-order chi connectivity index (χ0) is 18.3. The number of halogens is 1. The summed E-state index contributed by atoms with van der Waals surface area (Å²) in [7, 11) is 1.98. The summed E-state index contributed by atoms with van der Waals surface area (Å²) in [5.74, 6) is 0.882. The first-order valence-corrected chi connectivity index (χ1v) is 8.86. The van der Waals surface area contributed by atoms with Crippen molar-refractivity contribution in [3.05, 3.63) is 59.6 Å². The average Bonchev–Trinajstić information content (AvgIpc) is 3.06. The van der Waals surface area contributed by atoms with Crippen molar-refractivity contribution in [2.45, 2.75) is 25.7 Å². The van der Waals surface area contributed by atoms with Crippen molar-refractivity contribution in [2.24, 2.45) is 7.05 Å². The van der Waals surface area contributed by atoms with Crippen LogP contribution in [0.3, 0.4) is 0 Å². The smallest absolute Gasteiger partial charge is 0.254 e. The van der Waals surface area contributed by atoms with Gasteiger partial charge in [-0.2, -0.15) is 0 Å². The first-order valence-electron chi connectivity index (χ1n) is 8.86.